The van der Waals surface area contributed by atoms with Gasteiger partial charge in [-0.2, -0.15) is 0 Å². The average Bonchev–Trinajstić information content (AvgIpc) is 3.06. The van der Waals surface area contributed by atoms with Gasteiger partial charge < -0.3 is 53.0 Å². The number of primary amides is 2. The molecule has 1 aromatic rings. The number of aliphatic hydroxyl groups excluding tert-OH is 1. The first kappa shape index (κ1) is 48.9. The molecule has 1 rings (SSSR count). The van der Waals surface area contributed by atoms with Crippen molar-refractivity contribution in [3.8, 4) is 5.75 Å². The van der Waals surface area contributed by atoms with Gasteiger partial charge in [0, 0.05) is 19.8 Å². The molecule has 0 saturated heterocycles. The van der Waals surface area contributed by atoms with Crippen LogP contribution in [0.25, 0.3) is 0 Å². The van der Waals surface area contributed by atoms with Crippen LogP contribution >= 0.6 is 7.82 Å². The predicted molar refractivity (Wildman–Crippen MR) is 199 cm³/mol. The Kier molecular flexibility index (Phi) is 19.6. The number of benzene rings is 1. The maximum absolute atomic E-state index is 13.5. The summed E-state index contributed by atoms with van der Waals surface area (Å²) in [6.07, 6.45) is -2.21. The highest BCUT2D eigenvalue weighted by Crippen LogP contribution is 2.37. The molecule has 0 spiro atoms. The minimum atomic E-state index is -4.81. The van der Waals surface area contributed by atoms with E-state index in [1.807, 2.05) is 0 Å². The van der Waals surface area contributed by atoms with Crippen molar-refractivity contribution in [3.63, 3.8) is 0 Å². The molecule has 8 amide bonds. The summed E-state index contributed by atoms with van der Waals surface area (Å²) in [6.45, 7) is 10.4. The van der Waals surface area contributed by atoms with E-state index in [0.717, 1.165) is 0 Å². The van der Waals surface area contributed by atoms with E-state index in [2.05, 4.69) is 36.4 Å². The number of carbonyl (C=O) groups excluding carboxylic acids is 8. The molecule has 22 heteroatoms. The standard InChI is InChI=1S/C34H55N8O13P/c1-16(2)14-24(40-33(50)25(38-20(7)44)15-21-8-10-22(11-9-21)55-56(52,53)54)32(49)37-18(5)30(47)39-23(12-13-26(35)45)31(48)42-28(19(6)43)34(51)41-27(17(3)4)29(36)46/h8-11,16-19,23-25,27-28,43H,12-15H2,1-7H3,(H2,35,45)(H2,36,46)(H,37,49)(H,38,44)(H,39,47)(H,40,50)(H,41,51)(H,42,48)(H2,52,53,54)/t18-,19?,23-,24-,25-,27-,28-/m0/s1. The summed E-state index contributed by atoms with van der Waals surface area (Å²) in [5.74, 6) is -7.38. The third kappa shape index (κ3) is 18.0. The highest BCUT2D eigenvalue weighted by atomic mass is 31.2. The van der Waals surface area contributed by atoms with Gasteiger partial charge in [-0.25, -0.2) is 4.57 Å². The monoisotopic (exact) mass is 814 g/mol. The number of hydrogen-bond acceptors (Lipinski definition) is 11. The van der Waals surface area contributed by atoms with Crippen LogP contribution in [0.4, 0.5) is 0 Å². The van der Waals surface area contributed by atoms with Crippen molar-refractivity contribution in [1.82, 2.24) is 31.9 Å². The topological polar surface area (TPSA) is 348 Å². The number of amides is 8. The molecule has 1 unspecified atom stereocenters. The largest absolute Gasteiger partial charge is 0.524 e. The minimum Gasteiger partial charge on any atom is -0.404 e. The Morgan fingerprint density at radius 1 is 0.696 bits per heavy atom. The summed E-state index contributed by atoms with van der Waals surface area (Å²) in [6, 6.07) is -2.63. The number of phosphoric acid groups is 1. The molecule has 21 nitrogen and oxygen atoms in total. The predicted octanol–water partition coefficient (Wildman–Crippen LogP) is -2.52. The smallest absolute Gasteiger partial charge is 0.404 e. The summed E-state index contributed by atoms with van der Waals surface area (Å²) >= 11 is 0. The molecule has 314 valence electrons. The van der Waals surface area contributed by atoms with Crippen molar-refractivity contribution >= 4 is 55.1 Å². The summed E-state index contributed by atoms with van der Waals surface area (Å²) in [5, 5.41) is 24.9. The number of phosphoric ester groups is 1. The molecule has 13 N–H and O–H groups in total. The molecule has 0 fully saturated rings. The SMILES string of the molecule is CC(=O)N[C@@H](Cc1ccc(OP(=O)(O)O)cc1)C(=O)N[C@@H](CC(C)C)C(=O)N[C@@H](C)C(=O)N[C@@H](CCC(N)=O)C(=O)N[C@H](C(=O)N[C@H](C(N)=O)C(C)C)C(C)O. The van der Waals surface area contributed by atoms with Gasteiger partial charge in [0.2, 0.25) is 47.3 Å². The van der Waals surface area contributed by atoms with Crippen LogP contribution in [0, 0.1) is 11.8 Å². The van der Waals surface area contributed by atoms with E-state index in [9.17, 15) is 48.0 Å². The number of aliphatic hydroxyl groups is 1. The summed E-state index contributed by atoms with van der Waals surface area (Å²) < 4.78 is 15.6. The van der Waals surface area contributed by atoms with Crippen LogP contribution in [0.2, 0.25) is 0 Å². The van der Waals surface area contributed by atoms with Gasteiger partial charge in [-0.05, 0) is 56.2 Å². The molecule has 0 aliphatic rings. The Labute approximate surface area is 324 Å². The molecule has 7 atom stereocenters. The molecule has 1 aromatic carbocycles. The van der Waals surface area contributed by atoms with Crippen molar-refractivity contribution in [1.29, 1.82) is 0 Å². The van der Waals surface area contributed by atoms with E-state index in [1.54, 1.807) is 27.7 Å². The highest BCUT2D eigenvalue weighted by Gasteiger charge is 2.34. The first-order chi connectivity index (χ1) is 25.8. The number of hydrogen-bond donors (Lipinski definition) is 11. The number of nitrogens with two attached hydrogens (primary N) is 2. The quantitative estimate of drug-likeness (QED) is 0.0509. The van der Waals surface area contributed by atoms with E-state index in [1.165, 1.54) is 45.0 Å². The summed E-state index contributed by atoms with van der Waals surface area (Å²) in [7, 11) is -4.81. The molecular weight excluding hydrogens is 759 g/mol. The van der Waals surface area contributed by atoms with E-state index in [0.29, 0.717) is 5.56 Å². The Morgan fingerprint density at radius 3 is 1.68 bits per heavy atom. The zero-order valence-electron chi connectivity index (χ0n) is 32.4. The zero-order valence-corrected chi connectivity index (χ0v) is 33.3. The molecular formula is C34H55N8O13P. The average molecular weight is 815 g/mol. The first-order valence-electron chi connectivity index (χ1n) is 17.7. The summed E-state index contributed by atoms with van der Waals surface area (Å²) in [4.78, 5) is 120. The van der Waals surface area contributed by atoms with Crippen LogP contribution in [0.15, 0.2) is 24.3 Å². The van der Waals surface area contributed by atoms with Crippen molar-refractivity contribution in [2.75, 3.05) is 0 Å². The van der Waals surface area contributed by atoms with Crippen molar-refractivity contribution < 1.29 is 62.3 Å². The number of carbonyl (C=O) groups is 8. The fraction of sp³-hybridized carbons (Fsp3) is 0.588. The van der Waals surface area contributed by atoms with Gasteiger partial charge in [-0.3, -0.25) is 48.1 Å². The normalized spacial score (nSPS) is 15.1. The lowest BCUT2D eigenvalue weighted by Crippen LogP contribution is -2.61. The van der Waals surface area contributed by atoms with Crippen LogP contribution in [-0.2, 0) is 49.3 Å². The van der Waals surface area contributed by atoms with Gasteiger partial charge in [-0.1, -0.05) is 39.8 Å². The number of rotatable bonds is 23. The van der Waals surface area contributed by atoms with E-state index < -0.39 is 103 Å². The molecule has 0 radical (unpaired) electrons. The molecule has 56 heavy (non-hydrogen) atoms. The lowest BCUT2D eigenvalue weighted by Gasteiger charge is -2.28. The first-order valence-corrected chi connectivity index (χ1v) is 19.2. The van der Waals surface area contributed by atoms with Gasteiger partial charge in [0.1, 0.15) is 42.0 Å². The highest BCUT2D eigenvalue weighted by molar-refractivity contribution is 7.46. The lowest BCUT2D eigenvalue weighted by atomic mass is 10.0. The second-order valence-electron chi connectivity index (χ2n) is 14.0. The van der Waals surface area contributed by atoms with Crippen LogP contribution in [-0.4, -0.2) is 105 Å². The van der Waals surface area contributed by atoms with E-state index in [-0.39, 0.29) is 37.4 Å². The van der Waals surface area contributed by atoms with Gasteiger partial charge in [0.25, 0.3) is 0 Å². The third-order valence-electron chi connectivity index (χ3n) is 8.02. The lowest BCUT2D eigenvalue weighted by molar-refractivity contribution is -0.136. The van der Waals surface area contributed by atoms with Crippen molar-refractivity contribution in [3.05, 3.63) is 29.8 Å². The van der Waals surface area contributed by atoms with Gasteiger partial charge in [0.05, 0.1) is 6.10 Å². The maximum atomic E-state index is 13.5. The molecule has 0 aliphatic carbocycles. The Bertz CT molecular complexity index is 1620. The fourth-order valence-electron chi connectivity index (χ4n) is 5.19. The molecule has 0 bridgehead atoms. The maximum Gasteiger partial charge on any atom is 0.524 e. The van der Waals surface area contributed by atoms with Crippen LogP contribution < -0.4 is 47.9 Å². The van der Waals surface area contributed by atoms with Crippen LogP contribution in [0.3, 0.4) is 0 Å². The van der Waals surface area contributed by atoms with Gasteiger partial charge in [-0.15, -0.1) is 0 Å². The third-order valence-corrected chi connectivity index (χ3v) is 8.47. The molecule has 0 aromatic heterocycles. The van der Waals surface area contributed by atoms with Crippen molar-refractivity contribution in [2.24, 2.45) is 23.3 Å². The van der Waals surface area contributed by atoms with Gasteiger partial charge >= 0.3 is 7.82 Å². The van der Waals surface area contributed by atoms with Gasteiger partial charge in [0.15, 0.2) is 0 Å². The second-order valence-corrected chi connectivity index (χ2v) is 15.2. The number of nitrogens with one attached hydrogen (secondary N) is 6. The molecule has 0 aliphatic heterocycles. The Hall–Kier alpha value is -5.11. The Morgan fingerprint density at radius 2 is 1.21 bits per heavy atom. The van der Waals surface area contributed by atoms with E-state index in [4.69, 9.17) is 21.3 Å². The second kappa shape index (κ2) is 22.4. The fourth-order valence-corrected chi connectivity index (χ4v) is 5.59. The van der Waals surface area contributed by atoms with Crippen molar-refractivity contribution in [2.45, 2.75) is 117 Å². The zero-order chi connectivity index (χ0) is 43.1. The Balaban J connectivity index is 3.16. The van der Waals surface area contributed by atoms with E-state index >= 15 is 0 Å². The molecule has 0 heterocycles. The molecule has 0 saturated carbocycles. The summed E-state index contributed by atoms with van der Waals surface area (Å²) in [5.41, 5.74) is 11.1. The minimum absolute atomic E-state index is 0.0903. The van der Waals surface area contributed by atoms with Crippen LogP contribution in [0.5, 0.6) is 5.75 Å². The van der Waals surface area contributed by atoms with Crippen LogP contribution in [0.1, 0.15) is 73.3 Å².